The van der Waals surface area contributed by atoms with E-state index in [-0.39, 0.29) is 0 Å². The maximum atomic E-state index is 8.79. The molecule has 1 rings (SSSR count). The smallest absolute Gasteiger partial charge is 0.132 e. The van der Waals surface area contributed by atoms with E-state index in [2.05, 4.69) is 35.4 Å². The van der Waals surface area contributed by atoms with Gasteiger partial charge in [0.15, 0.2) is 0 Å². The summed E-state index contributed by atoms with van der Waals surface area (Å²) in [4.78, 5) is 6.27. The molecule has 0 amide bonds. The van der Waals surface area contributed by atoms with Gasteiger partial charge in [-0.2, -0.15) is 5.26 Å². The summed E-state index contributed by atoms with van der Waals surface area (Å²) < 4.78 is 0. The van der Waals surface area contributed by atoms with Gasteiger partial charge in [0.25, 0.3) is 0 Å². The first-order valence-electron chi connectivity index (χ1n) is 5.58. The van der Waals surface area contributed by atoms with Crippen LogP contribution in [0.1, 0.15) is 18.4 Å². The van der Waals surface area contributed by atoms with Gasteiger partial charge in [-0.05, 0) is 45.6 Å². The van der Waals surface area contributed by atoms with Crippen LogP contribution in [0.2, 0.25) is 5.15 Å². The molecule has 0 aromatic carbocycles. The first kappa shape index (κ1) is 13.8. The van der Waals surface area contributed by atoms with Gasteiger partial charge in [-0.3, -0.25) is 0 Å². The lowest BCUT2D eigenvalue weighted by molar-refractivity contribution is 0.396. The van der Waals surface area contributed by atoms with Crippen molar-refractivity contribution in [3.63, 3.8) is 0 Å². The zero-order valence-electron chi connectivity index (χ0n) is 10.2. The van der Waals surface area contributed by atoms with Crippen LogP contribution < -0.4 is 5.32 Å². The Hall–Kier alpha value is -1.31. The summed E-state index contributed by atoms with van der Waals surface area (Å²) in [5.74, 6) is 0.666. The van der Waals surface area contributed by atoms with Crippen LogP contribution in [0.15, 0.2) is 12.1 Å². The van der Waals surface area contributed by atoms with E-state index in [1.54, 1.807) is 12.1 Å². The largest absolute Gasteiger partial charge is 0.370 e. The molecule has 4 nitrogen and oxygen atoms in total. The number of nitrogens with one attached hydrogen (secondary N) is 1. The highest BCUT2D eigenvalue weighted by Crippen LogP contribution is 2.13. The first-order chi connectivity index (χ1) is 8.11. The van der Waals surface area contributed by atoms with Gasteiger partial charge in [0, 0.05) is 6.54 Å². The van der Waals surface area contributed by atoms with Crippen molar-refractivity contribution < 1.29 is 0 Å². The summed E-state index contributed by atoms with van der Waals surface area (Å²) in [6.07, 6.45) is 2.19. The maximum Gasteiger partial charge on any atom is 0.132 e. The minimum Gasteiger partial charge on any atom is -0.370 e. The Labute approximate surface area is 107 Å². The monoisotopic (exact) mass is 252 g/mol. The van der Waals surface area contributed by atoms with Crippen LogP contribution in [0.4, 0.5) is 5.82 Å². The molecule has 0 saturated carbocycles. The molecule has 0 aliphatic carbocycles. The Balaban J connectivity index is 2.37. The van der Waals surface area contributed by atoms with Crippen LogP contribution >= 0.6 is 11.6 Å². The van der Waals surface area contributed by atoms with E-state index in [0.717, 1.165) is 25.9 Å². The number of pyridine rings is 1. The van der Waals surface area contributed by atoms with Crippen molar-refractivity contribution in [2.75, 3.05) is 32.5 Å². The van der Waals surface area contributed by atoms with E-state index in [4.69, 9.17) is 16.9 Å². The standard InChI is InChI=1S/C12H17ClN4/c1-17(2)6-4-3-5-15-12-8-10(9-14)7-11(13)16-12/h7-8H,3-6H2,1-2H3,(H,15,16). The second kappa shape index (κ2) is 7.10. The van der Waals surface area contributed by atoms with Crippen molar-refractivity contribution in [3.8, 4) is 6.07 Å². The number of rotatable bonds is 6. The van der Waals surface area contributed by atoms with Gasteiger partial charge in [0.2, 0.25) is 0 Å². The lowest BCUT2D eigenvalue weighted by atomic mass is 10.2. The third-order valence-corrected chi connectivity index (χ3v) is 2.46. The fraction of sp³-hybridized carbons (Fsp3) is 0.500. The normalized spacial score (nSPS) is 10.3. The number of hydrogen-bond acceptors (Lipinski definition) is 4. The molecular weight excluding hydrogens is 236 g/mol. The van der Waals surface area contributed by atoms with Crippen LogP contribution in [-0.2, 0) is 0 Å². The second-order valence-corrected chi connectivity index (χ2v) is 4.50. The molecule has 1 N–H and O–H groups in total. The van der Waals surface area contributed by atoms with Crippen molar-refractivity contribution in [2.45, 2.75) is 12.8 Å². The lowest BCUT2D eigenvalue weighted by Gasteiger charge is -2.09. The summed E-state index contributed by atoms with van der Waals surface area (Å²) >= 11 is 5.80. The van der Waals surface area contributed by atoms with Gasteiger partial charge < -0.3 is 10.2 Å². The Bertz CT molecular complexity index is 398. The second-order valence-electron chi connectivity index (χ2n) is 4.11. The molecule has 0 aliphatic rings. The third kappa shape index (κ3) is 5.53. The molecule has 0 aliphatic heterocycles. The average molecular weight is 253 g/mol. The van der Waals surface area contributed by atoms with Gasteiger partial charge in [0.1, 0.15) is 11.0 Å². The maximum absolute atomic E-state index is 8.79. The van der Waals surface area contributed by atoms with Gasteiger partial charge in [-0.15, -0.1) is 0 Å². The fourth-order valence-electron chi connectivity index (χ4n) is 1.42. The quantitative estimate of drug-likeness (QED) is 0.624. The van der Waals surface area contributed by atoms with E-state index in [1.807, 2.05) is 0 Å². The number of nitrogens with zero attached hydrogens (tertiary/aromatic N) is 3. The molecule has 0 fully saturated rings. The minimum absolute atomic E-state index is 0.347. The van der Waals surface area contributed by atoms with E-state index in [1.165, 1.54) is 0 Å². The van der Waals surface area contributed by atoms with Gasteiger partial charge >= 0.3 is 0 Å². The molecule has 5 heteroatoms. The highest BCUT2D eigenvalue weighted by molar-refractivity contribution is 6.29. The number of halogens is 1. The Morgan fingerprint density at radius 2 is 2.18 bits per heavy atom. The van der Waals surface area contributed by atoms with Crippen molar-refractivity contribution in [2.24, 2.45) is 0 Å². The summed E-state index contributed by atoms with van der Waals surface area (Å²) in [6.45, 7) is 1.92. The number of hydrogen-bond donors (Lipinski definition) is 1. The first-order valence-corrected chi connectivity index (χ1v) is 5.96. The summed E-state index contributed by atoms with van der Waals surface area (Å²) in [7, 11) is 4.12. The predicted molar refractivity (Wildman–Crippen MR) is 70.2 cm³/mol. The summed E-state index contributed by atoms with van der Waals surface area (Å²) in [5.41, 5.74) is 0.529. The third-order valence-electron chi connectivity index (χ3n) is 2.26. The van der Waals surface area contributed by atoms with Crippen LogP contribution in [0.3, 0.4) is 0 Å². The van der Waals surface area contributed by atoms with Crippen LogP contribution in [0, 0.1) is 11.3 Å². The number of aromatic nitrogens is 1. The summed E-state index contributed by atoms with van der Waals surface area (Å²) in [6, 6.07) is 5.31. The molecule has 0 radical (unpaired) electrons. The van der Waals surface area contributed by atoms with Gasteiger partial charge in [0.05, 0.1) is 11.6 Å². The highest BCUT2D eigenvalue weighted by Gasteiger charge is 2.00. The van der Waals surface area contributed by atoms with Crippen LogP contribution in [0.25, 0.3) is 0 Å². The molecule has 1 aromatic rings. The minimum atomic E-state index is 0.347. The van der Waals surface area contributed by atoms with Crippen LogP contribution in [0.5, 0.6) is 0 Å². The SMILES string of the molecule is CN(C)CCCCNc1cc(C#N)cc(Cl)n1. The van der Waals surface area contributed by atoms with E-state index < -0.39 is 0 Å². The average Bonchev–Trinajstić information content (AvgIpc) is 2.27. The molecule has 0 bridgehead atoms. The molecule has 17 heavy (non-hydrogen) atoms. The molecule has 1 heterocycles. The van der Waals surface area contributed by atoms with Crippen molar-refractivity contribution in [1.82, 2.24) is 9.88 Å². The molecule has 0 atom stereocenters. The molecule has 0 unspecified atom stereocenters. The highest BCUT2D eigenvalue weighted by atomic mass is 35.5. The number of nitriles is 1. The molecule has 0 spiro atoms. The van der Waals surface area contributed by atoms with E-state index >= 15 is 0 Å². The van der Waals surface area contributed by atoms with E-state index in [9.17, 15) is 0 Å². The molecule has 0 saturated heterocycles. The van der Waals surface area contributed by atoms with Crippen molar-refractivity contribution in [3.05, 3.63) is 22.8 Å². The van der Waals surface area contributed by atoms with Crippen molar-refractivity contribution in [1.29, 1.82) is 5.26 Å². The van der Waals surface area contributed by atoms with Gasteiger partial charge in [-0.25, -0.2) is 4.98 Å². The van der Waals surface area contributed by atoms with Gasteiger partial charge in [-0.1, -0.05) is 11.6 Å². The molecular formula is C12H17ClN4. The zero-order chi connectivity index (χ0) is 12.7. The number of anilines is 1. The predicted octanol–water partition coefficient (Wildman–Crippen LogP) is 2.36. The topological polar surface area (TPSA) is 52.0 Å². The lowest BCUT2D eigenvalue weighted by Crippen LogP contribution is -2.14. The van der Waals surface area contributed by atoms with E-state index in [0.29, 0.717) is 16.5 Å². The fourth-order valence-corrected chi connectivity index (χ4v) is 1.63. The zero-order valence-corrected chi connectivity index (χ0v) is 11.0. The summed E-state index contributed by atoms with van der Waals surface area (Å²) in [5, 5.41) is 12.3. The Kier molecular flexibility index (Phi) is 5.75. The Morgan fingerprint density at radius 3 is 2.82 bits per heavy atom. The molecule has 92 valence electrons. The molecule has 1 aromatic heterocycles. The van der Waals surface area contributed by atoms with Crippen LogP contribution in [-0.4, -0.2) is 37.1 Å². The number of unbranched alkanes of at least 4 members (excludes halogenated alkanes) is 1. The Morgan fingerprint density at radius 1 is 1.41 bits per heavy atom. The van der Waals surface area contributed by atoms with Crippen molar-refractivity contribution >= 4 is 17.4 Å².